The molecular weight excluding hydrogens is 220 g/mol. The van der Waals surface area contributed by atoms with Crippen LogP contribution in [0.25, 0.3) is 0 Å². The molecule has 0 aromatic heterocycles. The van der Waals surface area contributed by atoms with Crippen LogP contribution < -0.4 is 0 Å². The highest BCUT2D eigenvalue weighted by Gasteiger charge is 2.21. The molecule has 1 aliphatic carbocycles. The standard InChI is InChI=1S/C17H24O/c1-2-3-4-14-5-7-15(8-6-14)9-10-16-11-12-17(18)13-16/h5-8,16H,2-4,9-13H2,1H3. The summed E-state index contributed by atoms with van der Waals surface area (Å²) in [6.07, 6.45) is 8.82. The maximum absolute atomic E-state index is 11.2. The van der Waals surface area contributed by atoms with E-state index in [1.54, 1.807) is 0 Å². The van der Waals surface area contributed by atoms with Gasteiger partial charge < -0.3 is 0 Å². The van der Waals surface area contributed by atoms with E-state index in [0.717, 1.165) is 25.7 Å². The molecule has 0 aliphatic heterocycles. The Hall–Kier alpha value is -1.11. The van der Waals surface area contributed by atoms with Crippen molar-refractivity contribution in [2.75, 3.05) is 0 Å². The molecule has 0 N–H and O–H groups in total. The molecule has 1 atom stereocenters. The number of benzene rings is 1. The third kappa shape index (κ3) is 3.97. The largest absolute Gasteiger partial charge is 0.300 e. The molecule has 1 aromatic carbocycles. The van der Waals surface area contributed by atoms with Crippen LogP contribution in [0.2, 0.25) is 0 Å². The normalized spacial score (nSPS) is 19.4. The second kappa shape index (κ2) is 6.72. The molecule has 1 fully saturated rings. The summed E-state index contributed by atoms with van der Waals surface area (Å²) in [5.74, 6) is 1.12. The SMILES string of the molecule is CCCCc1ccc(CCC2CCC(=O)C2)cc1. The lowest BCUT2D eigenvalue weighted by Crippen LogP contribution is -1.98. The van der Waals surface area contributed by atoms with E-state index in [1.807, 2.05) is 0 Å². The number of hydrogen-bond acceptors (Lipinski definition) is 1. The first-order valence-corrected chi connectivity index (χ1v) is 7.37. The zero-order chi connectivity index (χ0) is 12.8. The number of carbonyl (C=O) groups is 1. The van der Waals surface area contributed by atoms with Crippen LogP contribution in [0.15, 0.2) is 24.3 Å². The molecule has 0 heterocycles. The molecule has 98 valence electrons. The lowest BCUT2D eigenvalue weighted by molar-refractivity contribution is -0.117. The topological polar surface area (TPSA) is 17.1 Å². The van der Waals surface area contributed by atoms with Gasteiger partial charge in [0, 0.05) is 12.8 Å². The highest BCUT2D eigenvalue weighted by molar-refractivity contribution is 5.80. The second-order valence-corrected chi connectivity index (χ2v) is 5.61. The fourth-order valence-electron chi connectivity index (χ4n) is 2.76. The van der Waals surface area contributed by atoms with Gasteiger partial charge in [-0.1, -0.05) is 37.6 Å². The van der Waals surface area contributed by atoms with Crippen molar-refractivity contribution in [1.82, 2.24) is 0 Å². The van der Waals surface area contributed by atoms with Gasteiger partial charge in [-0.25, -0.2) is 0 Å². The van der Waals surface area contributed by atoms with Crippen molar-refractivity contribution in [2.24, 2.45) is 5.92 Å². The summed E-state index contributed by atoms with van der Waals surface area (Å²) in [4.78, 5) is 11.2. The van der Waals surface area contributed by atoms with E-state index < -0.39 is 0 Å². The zero-order valence-corrected chi connectivity index (χ0v) is 11.5. The summed E-state index contributed by atoms with van der Waals surface area (Å²) in [6, 6.07) is 9.07. The third-order valence-electron chi connectivity index (χ3n) is 4.03. The Morgan fingerprint density at radius 2 is 1.78 bits per heavy atom. The molecule has 0 amide bonds. The van der Waals surface area contributed by atoms with Crippen LogP contribution in [0.5, 0.6) is 0 Å². The fourth-order valence-corrected chi connectivity index (χ4v) is 2.76. The molecular formula is C17H24O. The zero-order valence-electron chi connectivity index (χ0n) is 11.5. The molecule has 0 spiro atoms. The van der Waals surface area contributed by atoms with Crippen LogP contribution in [0, 0.1) is 5.92 Å². The van der Waals surface area contributed by atoms with Gasteiger partial charge >= 0.3 is 0 Å². The highest BCUT2D eigenvalue weighted by atomic mass is 16.1. The van der Waals surface area contributed by atoms with Gasteiger partial charge in [-0.15, -0.1) is 0 Å². The van der Waals surface area contributed by atoms with Gasteiger partial charge in [0.25, 0.3) is 0 Å². The molecule has 0 radical (unpaired) electrons. The van der Waals surface area contributed by atoms with Crippen molar-refractivity contribution in [1.29, 1.82) is 0 Å². The van der Waals surface area contributed by atoms with Gasteiger partial charge in [0.15, 0.2) is 0 Å². The van der Waals surface area contributed by atoms with E-state index in [-0.39, 0.29) is 0 Å². The lowest BCUT2D eigenvalue weighted by Gasteiger charge is -2.08. The van der Waals surface area contributed by atoms with Gasteiger partial charge in [-0.3, -0.25) is 4.79 Å². The minimum atomic E-state index is 0.468. The first kappa shape index (κ1) is 13.3. The van der Waals surface area contributed by atoms with Crippen molar-refractivity contribution >= 4 is 5.78 Å². The maximum atomic E-state index is 11.2. The number of carbonyl (C=O) groups excluding carboxylic acids is 1. The molecule has 2 rings (SSSR count). The number of aryl methyl sites for hydroxylation is 2. The lowest BCUT2D eigenvalue weighted by atomic mass is 9.97. The number of rotatable bonds is 6. The average molecular weight is 244 g/mol. The van der Waals surface area contributed by atoms with Crippen LogP contribution in [0.1, 0.15) is 56.6 Å². The Labute approximate surface area is 111 Å². The van der Waals surface area contributed by atoms with Crippen molar-refractivity contribution in [3.8, 4) is 0 Å². The molecule has 1 saturated carbocycles. The predicted octanol–water partition coefficient (Wildman–Crippen LogP) is 4.33. The van der Waals surface area contributed by atoms with Crippen LogP contribution in [0.3, 0.4) is 0 Å². The van der Waals surface area contributed by atoms with Crippen LogP contribution in [0.4, 0.5) is 0 Å². The smallest absolute Gasteiger partial charge is 0.133 e. The number of ketones is 1. The maximum Gasteiger partial charge on any atom is 0.133 e. The molecule has 0 bridgehead atoms. The summed E-state index contributed by atoms with van der Waals surface area (Å²) < 4.78 is 0. The Balaban J connectivity index is 1.77. The predicted molar refractivity (Wildman–Crippen MR) is 75.7 cm³/mol. The van der Waals surface area contributed by atoms with E-state index in [0.29, 0.717) is 11.7 Å². The molecule has 0 saturated heterocycles. The highest BCUT2D eigenvalue weighted by Crippen LogP contribution is 2.26. The summed E-state index contributed by atoms with van der Waals surface area (Å²) >= 11 is 0. The van der Waals surface area contributed by atoms with Crippen molar-refractivity contribution in [2.45, 2.75) is 58.3 Å². The van der Waals surface area contributed by atoms with Gasteiger partial charge in [0.1, 0.15) is 5.78 Å². The Kier molecular flexibility index (Phi) is 4.98. The van der Waals surface area contributed by atoms with E-state index >= 15 is 0 Å². The molecule has 1 aliphatic rings. The van der Waals surface area contributed by atoms with Crippen molar-refractivity contribution in [3.05, 3.63) is 35.4 Å². The average Bonchev–Trinajstić information content (AvgIpc) is 2.81. The molecule has 18 heavy (non-hydrogen) atoms. The molecule has 1 unspecified atom stereocenters. The van der Waals surface area contributed by atoms with Gasteiger partial charge in [-0.2, -0.15) is 0 Å². The number of hydrogen-bond donors (Lipinski definition) is 0. The Morgan fingerprint density at radius 3 is 2.33 bits per heavy atom. The Morgan fingerprint density at radius 1 is 1.11 bits per heavy atom. The van der Waals surface area contributed by atoms with Crippen molar-refractivity contribution in [3.63, 3.8) is 0 Å². The first-order valence-electron chi connectivity index (χ1n) is 7.37. The summed E-state index contributed by atoms with van der Waals surface area (Å²) in [7, 11) is 0. The van der Waals surface area contributed by atoms with E-state index in [2.05, 4.69) is 31.2 Å². The second-order valence-electron chi connectivity index (χ2n) is 5.61. The Bertz CT molecular complexity index is 377. The van der Waals surface area contributed by atoms with Crippen molar-refractivity contribution < 1.29 is 4.79 Å². The minimum absolute atomic E-state index is 0.468. The fraction of sp³-hybridized carbons (Fsp3) is 0.588. The molecule has 1 heteroatoms. The summed E-state index contributed by atoms with van der Waals surface area (Å²) in [5, 5.41) is 0. The van der Waals surface area contributed by atoms with E-state index in [4.69, 9.17) is 0 Å². The van der Waals surface area contributed by atoms with Crippen LogP contribution >= 0.6 is 0 Å². The first-order chi connectivity index (χ1) is 8.78. The monoisotopic (exact) mass is 244 g/mol. The molecule has 1 aromatic rings. The van der Waals surface area contributed by atoms with Gasteiger partial charge in [-0.05, 0) is 49.1 Å². The third-order valence-corrected chi connectivity index (χ3v) is 4.03. The molecule has 1 nitrogen and oxygen atoms in total. The number of Topliss-reactive ketones (excluding diaryl/α,β-unsaturated/α-hetero) is 1. The summed E-state index contributed by atoms with van der Waals surface area (Å²) in [5.41, 5.74) is 2.88. The minimum Gasteiger partial charge on any atom is -0.300 e. The van der Waals surface area contributed by atoms with E-state index in [1.165, 1.54) is 36.8 Å². The summed E-state index contributed by atoms with van der Waals surface area (Å²) in [6.45, 7) is 2.23. The van der Waals surface area contributed by atoms with Crippen LogP contribution in [-0.4, -0.2) is 5.78 Å². The van der Waals surface area contributed by atoms with Gasteiger partial charge in [0.2, 0.25) is 0 Å². The quantitative estimate of drug-likeness (QED) is 0.728. The van der Waals surface area contributed by atoms with Crippen LogP contribution in [-0.2, 0) is 17.6 Å². The van der Waals surface area contributed by atoms with E-state index in [9.17, 15) is 4.79 Å². The van der Waals surface area contributed by atoms with Gasteiger partial charge in [0.05, 0.1) is 0 Å². The number of unbranched alkanes of at least 4 members (excludes halogenated alkanes) is 1.